The summed E-state index contributed by atoms with van der Waals surface area (Å²) in [5.74, 6) is 0.518. The summed E-state index contributed by atoms with van der Waals surface area (Å²) in [4.78, 5) is 40.0. The van der Waals surface area contributed by atoms with Gasteiger partial charge in [0.05, 0.1) is 12.1 Å². The van der Waals surface area contributed by atoms with E-state index < -0.39 is 13.9 Å². The number of rotatable bonds is 10. The Morgan fingerprint density at radius 2 is 1.65 bits per heavy atom. The molecule has 2 aliphatic rings. The Morgan fingerprint density at radius 3 is 2.21 bits per heavy atom. The highest BCUT2D eigenvalue weighted by atomic mass is 28.4. The van der Waals surface area contributed by atoms with Crippen LogP contribution < -0.4 is 0 Å². The second-order valence-corrected chi connectivity index (χ2v) is 21.0. The zero-order valence-corrected chi connectivity index (χ0v) is 31.3. The molecular weight excluding hydrogens is 617 g/mol. The van der Waals surface area contributed by atoms with Crippen LogP contribution >= 0.6 is 0 Å². The average molecular weight is 671 g/mol. The van der Waals surface area contributed by atoms with Crippen LogP contribution in [0.4, 0.5) is 4.79 Å². The first-order valence-corrected chi connectivity index (χ1v) is 20.3. The van der Waals surface area contributed by atoms with Crippen LogP contribution in [0.15, 0.2) is 67.1 Å². The largest absolute Gasteiger partial charge is 0.444 e. The predicted molar refractivity (Wildman–Crippen MR) is 192 cm³/mol. The molecule has 2 aromatic heterocycles. The molecule has 0 spiro atoms. The van der Waals surface area contributed by atoms with Gasteiger partial charge < -0.3 is 14.1 Å². The number of nitrogens with zero attached hydrogens (tertiary/aromatic N) is 4. The van der Waals surface area contributed by atoms with E-state index in [2.05, 4.69) is 51.0 Å². The Morgan fingerprint density at radius 1 is 0.938 bits per heavy atom. The van der Waals surface area contributed by atoms with Crippen molar-refractivity contribution in [3.63, 3.8) is 0 Å². The fourth-order valence-corrected chi connectivity index (χ4v) is 7.47. The molecule has 1 aliphatic heterocycles. The van der Waals surface area contributed by atoms with Crippen LogP contribution in [0.1, 0.15) is 112 Å². The molecule has 5 rings (SSSR count). The van der Waals surface area contributed by atoms with E-state index in [-0.39, 0.29) is 35.2 Å². The van der Waals surface area contributed by atoms with Crippen LogP contribution in [0.2, 0.25) is 18.1 Å². The van der Waals surface area contributed by atoms with E-state index in [0.29, 0.717) is 24.4 Å². The molecule has 9 heteroatoms. The molecule has 8 nitrogen and oxygen atoms in total. The molecule has 258 valence electrons. The molecule has 0 radical (unpaired) electrons. The van der Waals surface area contributed by atoms with Gasteiger partial charge in [-0.15, -0.1) is 0 Å². The predicted octanol–water partition coefficient (Wildman–Crippen LogP) is 8.70. The van der Waals surface area contributed by atoms with E-state index in [0.717, 1.165) is 35.2 Å². The van der Waals surface area contributed by atoms with Gasteiger partial charge in [-0.2, -0.15) is 0 Å². The first-order valence-electron chi connectivity index (χ1n) is 17.4. The molecule has 0 bridgehead atoms. The van der Waals surface area contributed by atoms with E-state index in [9.17, 15) is 9.59 Å². The van der Waals surface area contributed by atoms with Crippen molar-refractivity contribution in [1.82, 2.24) is 19.8 Å². The van der Waals surface area contributed by atoms with Crippen molar-refractivity contribution in [3.05, 3.63) is 95.1 Å². The number of pyridine rings is 2. The molecule has 1 saturated heterocycles. The summed E-state index contributed by atoms with van der Waals surface area (Å²) in [6.07, 6.45) is 9.52. The van der Waals surface area contributed by atoms with Gasteiger partial charge in [0.1, 0.15) is 5.60 Å². The molecule has 2 amide bonds. The molecule has 1 saturated carbocycles. The number of amides is 2. The van der Waals surface area contributed by atoms with Crippen molar-refractivity contribution in [1.29, 1.82) is 0 Å². The summed E-state index contributed by atoms with van der Waals surface area (Å²) < 4.78 is 13.3. The van der Waals surface area contributed by atoms with Crippen LogP contribution in [0, 0.1) is 0 Å². The van der Waals surface area contributed by atoms with Crippen LogP contribution in [0.25, 0.3) is 0 Å². The minimum Gasteiger partial charge on any atom is -0.444 e. The number of benzene rings is 1. The van der Waals surface area contributed by atoms with E-state index >= 15 is 0 Å². The maximum atomic E-state index is 14.1. The van der Waals surface area contributed by atoms with E-state index in [4.69, 9.17) is 14.1 Å². The summed E-state index contributed by atoms with van der Waals surface area (Å²) >= 11 is 0. The van der Waals surface area contributed by atoms with Gasteiger partial charge in [0.25, 0.3) is 5.91 Å². The van der Waals surface area contributed by atoms with E-state index in [1.54, 1.807) is 24.3 Å². The van der Waals surface area contributed by atoms with Crippen molar-refractivity contribution < 1.29 is 18.8 Å². The standard InChI is InChI=1S/C39H54N4O4Si/c1-38(2,3)46-37(45)43-32(23-27-12-14-30(15-13-27)36(44)42(7)26-28-11-10-22-40-24-28)19-21-34(43)35(47-48(8,9)39(4,5)6)31-18-20-33(41-25-31)29-16-17-29/h10-15,18,20,22,24-25,29,32,34-35H,16-17,19,21,23,26H2,1-9H3/t32-,34+,35+/m0/s1. The quantitative estimate of drug-likeness (QED) is 0.201. The Labute approximate surface area is 288 Å². The second kappa shape index (κ2) is 14.1. The van der Waals surface area contributed by atoms with Gasteiger partial charge in [-0.05, 0) is 112 Å². The van der Waals surface area contributed by atoms with Gasteiger partial charge in [-0.3, -0.25) is 19.7 Å². The van der Waals surface area contributed by atoms with Crippen molar-refractivity contribution in [2.45, 2.75) is 128 Å². The lowest BCUT2D eigenvalue weighted by molar-refractivity contribution is -0.00244. The molecule has 3 atom stereocenters. The third-order valence-electron chi connectivity index (χ3n) is 10.0. The van der Waals surface area contributed by atoms with Crippen molar-refractivity contribution in [3.8, 4) is 0 Å². The van der Waals surface area contributed by atoms with Gasteiger partial charge in [0.2, 0.25) is 0 Å². The number of carbonyl (C=O) groups excluding carboxylic acids is 2. The number of carbonyl (C=O) groups is 2. The summed E-state index contributed by atoms with van der Waals surface area (Å²) in [6.45, 7) is 17.5. The smallest absolute Gasteiger partial charge is 0.410 e. The lowest BCUT2D eigenvalue weighted by Crippen LogP contribution is -2.50. The summed E-state index contributed by atoms with van der Waals surface area (Å²) in [5.41, 5.74) is 4.20. The minimum absolute atomic E-state index is 0.00732. The number of hydrogen-bond acceptors (Lipinski definition) is 6. The summed E-state index contributed by atoms with van der Waals surface area (Å²) in [5, 5.41) is -0.00732. The van der Waals surface area contributed by atoms with Gasteiger partial charge in [-0.25, -0.2) is 4.79 Å². The van der Waals surface area contributed by atoms with Crippen LogP contribution in [-0.2, 0) is 22.1 Å². The molecule has 1 aliphatic carbocycles. The number of aromatic nitrogens is 2. The SMILES string of the molecule is CN(Cc1cccnc1)C(=O)c1ccc(C[C@@H]2CC[C@H]([C@H](O[Si](C)(C)C(C)(C)C)c3ccc(C4CC4)nc3)N2C(=O)OC(C)(C)C)cc1. The van der Waals surface area contributed by atoms with E-state index in [1.807, 2.05) is 68.3 Å². The van der Waals surface area contributed by atoms with Crippen molar-refractivity contribution in [2.75, 3.05) is 7.05 Å². The Bertz CT molecular complexity index is 1540. The summed E-state index contributed by atoms with van der Waals surface area (Å²) in [7, 11) is -0.443. The van der Waals surface area contributed by atoms with Crippen LogP contribution in [-0.4, -0.2) is 64.8 Å². The lowest BCUT2D eigenvalue weighted by Gasteiger charge is -2.43. The van der Waals surface area contributed by atoms with E-state index in [1.165, 1.54) is 12.8 Å². The Balaban J connectivity index is 1.40. The van der Waals surface area contributed by atoms with Crippen LogP contribution in [0.5, 0.6) is 0 Å². The normalized spacial score (nSPS) is 19.2. The molecule has 48 heavy (non-hydrogen) atoms. The monoisotopic (exact) mass is 670 g/mol. The maximum absolute atomic E-state index is 14.1. The fourth-order valence-electron chi connectivity index (χ4n) is 6.19. The van der Waals surface area contributed by atoms with Gasteiger partial charge >= 0.3 is 6.09 Å². The fraction of sp³-hybridized carbons (Fsp3) is 0.538. The first kappa shape index (κ1) is 35.7. The first-order chi connectivity index (χ1) is 22.5. The van der Waals surface area contributed by atoms with Crippen LogP contribution in [0.3, 0.4) is 0 Å². The zero-order valence-electron chi connectivity index (χ0n) is 30.3. The number of likely N-dealkylation sites (tertiary alicyclic amines) is 1. The second-order valence-electron chi connectivity index (χ2n) is 16.2. The highest BCUT2D eigenvalue weighted by molar-refractivity contribution is 6.74. The molecule has 1 aromatic carbocycles. The van der Waals surface area contributed by atoms with Gasteiger partial charge in [0, 0.05) is 55.4 Å². The third-order valence-corrected chi connectivity index (χ3v) is 14.5. The number of ether oxygens (including phenoxy) is 1. The molecular formula is C39H54N4O4Si. The average Bonchev–Trinajstić information content (AvgIpc) is 3.79. The lowest BCUT2D eigenvalue weighted by atomic mass is 10.0. The highest BCUT2D eigenvalue weighted by Gasteiger charge is 2.48. The molecule has 0 N–H and O–H groups in total. The third kappa shape index (κ3) is 8.72. The Hall–Kier alpha value is -3.56. The zero-order chi connectivity index (χ0) is 34.9. The molecule has 3 heterocycles. The highest BCUT2D eigenvalue weighted by Crippen LogP contribution is 2.45. The molecule has 3 aromatic rings. The number of hydrogen-bond donors (Lipinski definition) is 0. The van der Waals surface area contributed by atoms with Gasteiger partial charge in [0.15, 0.2) is 8.32 Å². The molecule has 2 fully saturated rings. The minimum atomic E-state index is -2.25. The maximum Gasteiger partial charge on any atom is 0.410 e. The summed E-state index contributed by atoms with van der Waals surface area (Å²) in [6, 6.07) is 15.7. The van der Waals surface area contributed by atoms with Gasteiger partial charge in [-0.1, -0.05) is 45.0 Å². The van der Waals surface area contributed by atoms with Crippen molar-refractivity contribution >= 4 is 20.3 Å². The molecule has 0 unspecified atom stereocenters. The van der Waals surface area contributed by atoms with Crippen molar-refractivity contribution in [2.24, 2.45) is 0 Å². The Kier molecular flexibility index (Phi) is 10.5. The topological polar surface area (TPSA) is 84.9 Å².